The summed E-state index contributed by atoms with van der Waals surface area (Å²) in [5.74, 6) is 0.0327. The molecule has 2 unspecified atom stereocenters. The van der Waals surface area contributed by atoms with Crippen LogP contribution in [0.2, 0.25) is 0 Å². The Kier molecular flexibility index (Phi) is 8.50. The number of rotatable bonds is 8. The molecule has 1 amide bonds. The zero-order chi connectivity index (χ0) is 22.4. The molecule has 2 heterocycles. The van der Waals surface area contributed by atoms with Gasteiger partial charge in [-0.05, 0) is 45.7 Å². The maximum Gasteiger partial charge on any atom is 0.243 e. The monoisotopic (exact) mass is 450 g/mol. The lowest BCUT2D eigenvalue weighted by molar-refractivity contribution is -0.131. The lowest BCUT2D eigenvalue weighted by atomic mass is 9.98. The van der Waals surface area contributed by atoms with Crippen molar-refractivity contribution in [2.24, 2.45) is 0 Å². The number of carbonyl (C=O) groups is 1. The first-order chi connectivity index (χ1) is 14.8. The van der Waals surface area contributed by atoms with Crippen LogP contribution in [0, 0.1) is 6.92 Å². The van der Waals surface area contributed by atoms with Crippen LogP contribution in [0.25, 0.3) is 0 Å². The highest BCUT2D eigenvalue weighted by Gasteiger charge is 2.29. The molecule has 0 spiro atoms. The quantitative estimate of drug-likeness (QED) is 0.656. The summed E-state index contributed by atoms with van der Waals surface area (Å²) < 4.78 is 28.4. The van der Waals surface area contributed by atoms with Crippen LogP contribution in [0.15, 0.2) is 29.2 Å². The Labute approximate surface area is 187 Å². The van der Waals surface area contributed by atoms with E-state index in [4.69, 9.17) is 0 Å². The number of nitrogens with one attached hydrogen (secondary N) is 1. The molecule has 0 saturated carbocycles. The third kappa shape index (κ3) is 6.28. The smallest absolute Gasteiger partial charge is 0.243 e. The predicted molar refractivity (Wildman–Crippen MR) is 123 cm³/mol. The molecule has 7 nitrogen and oxygen atoms in total. The zero-order valence-corrected chi connectivity index (χ0v) is 20.0. The highest BCUT2D eigenvalue weighted by molar-refractivity contribution is 7.89. The first-order valence-corrected chi connectivity index (χ1v) is 13.0. The van der Waals surface area contributed by atoms with Crippen molar-refractivity contribution in [2.45, 2.75) is 63.4 Å². The van der Waals surface area contributed by atoms with Crippen molar-refractivity contribution in [1.29, 1.82) is 0 Å². The van der Waals surface area contributed by atoms with Crippen LogP contribution in [-0.4, -0.2) is 86.3 Å². The van der Waals surface area contributed by atoms with Crippen molar-refractivity contribution in [1.82, 2.24) is 19.4 Å². The van der Waals surface area contributed by atoms with Crippen LogP contribution >= 0.6 is 0 Å². The maximum absolute atomic E-state index is 13.4. The number of piperazine rings is 1. The summed E-state index contributed by atoms with van der Waals surface area (Å²) >= 11 is 0. The molecule has 2 aliphatic rings. The van der Waals surface area contributed by atoms with Crippen LogP contribution in [0.3, 0.4) is 0 Å². The zero-order valence-electron chi connectivity index (χ0n) is 19.2. The molecule has 0 aromatic heterocycles. The number of amides is 1. The van der Waals surface area contributed by atoms with Gasteiger partial charge in [0.2, 0.25) is 15.9 Å². The van der Waals surface area contributed by atoms with Gasteiger partial charge in [0.15, 0.2) is 0 Å². The maximum atomic E-state index is 13.4. The molecule has 1 N–H and O–H groups in total. The van der Waals surface area contributed by atoms with Crippen LogP contribution in [-0.2, 0) is 14.8 Å². The fourth-order valence-corrected chi connectivity index (χ4v) is 6.08. The molecule has 3 rings (SSSR count). The topological polar surface area (TPSA) is 73.0 Å². The minimum absolute atomic E-state index is 0.0327. The number of piperidine rings is 1. The van der Waals surface area contributed by atoms with Crippen molar-refractivity contribution in [3.05, 3.63) is 29.8 Å². The van der Waals surface area contributed by atoms with E-state index in [0.29, 0.717) is 43.2 Å². The Morgan fingerprint density at radius 3 is 2.29 bits per heavy atom. The second-order valence-electron chi connectivity index (χ2n) is 8.96. The van der Waals surface area contributed by atoms with Crippen molar-refractivity contribution < 1.29 is 13.2 Å². The molecule has 2 saturated heterocycles. The van der Waals surface area contributed by atoms with Crippen molar-refractivity contribution in [2.75, 3.05) is 45.8 Å². The summed E-state index contributed by atoms with van der Waals surface area (Å²) in [5, 5.41) is 3.24. The van der Waals surface area contributed by atoms with Gasteiger partial charge in [0.1, 0.15) is 0 Å². The number of likely N-dealkylation sites (tertiary alicyclic amines) is 1. The SMILES string of the molecule is Cc1ccc(S(=O)(=O)N(CCC(=O)N2CCNCC2)CCN2C(C)CCCC2C)cc1. The average Bonchev–Trinajstić information content (AvgIpc) is 2.76. The van der Waals surface area contributed by atoms with E-state index in [2.05, 4.69) is 24.1 Å². The van der Waals surface area contributed by atoms with Crippen molar-refractivity contribution in [3.63, 3.8) is 0 Å². The van der Waals surface area contributed by atoms with Gasteiger partial charge in [0, 0.05) is 64.3 Å². The van der Waals surface area contributed by atoms with Crippen LogP contribution in [0.5, 0.6) is 0 Å². The fourth-order valence-electron chi connectivity index (χ4n) is 4.65. The molecule has 8 heteroatoms. The molecule has 1 aromatic rings. The van der Waals surface area contributed by atoms with Gasteiger partial charge < -0.3 is 10.2 Å². The molecule has 174 valence electrons. The number of hydrogen-bond donors (Lipinski definition) is 1. The largest absolute Gasteiger partial charge is 0.340 e. The molecular weight excluding hydrogens is 412 g/mol. The second kappa shape index (κ2) is 10.9. The van der Waals surface area contributed by atoms with E-state index in [-0.39, 0.29) is 18.9 Å². The Bertz CT molecular complexity index is 812. The van der Waals surface area contributed by atoms with E-state index in [0.717, 1.165) is 31.5 Å². The molecule has 2 atom stereocenters. The van der Waals surface area contributed by atoms with E-state index >= 15 is 0 Å². The minimum Gasteiger partial charge on any atom is -0.340 e. The van der Waals surface area contributed by atoms with Crippen LogP contribution in [0.1, 0.15) is 45.1 Å². The molecule has 0 bridgehead atoms. The van der Waals surface area contributed by atoms with Gasteiger partial charge in [-0.2, -0.15) is 4.31 Å². The number of aryl methyl sites for hydroxylation is 1. The Hall–Kier alpha value is -1.48. The highest BCUT2D eigenvalue weighted by Crippen LogP contribution is 2.23. The first kappa shape index (κ1) is 24.2. The lowest BCUT2D eigenvalue weighted by Gasteiger charge is -2.40. The number of benzene rings is 1. The van der Waals surface area contributed by atoms with Gasteiger partial charge in [0.25, 0.3) is 0 Å². The van der Waals surface area contributed by atoms with Gasteiger partial charge in [-0.1, -0.05) is 24.1 Å². The molecule has 0 aliphatic carbocycles. The third-order valence-electron chi connectivity index (χ3n) is 6.69. The summed E-state index contributed by atoms with van der Waals surface area (Å²) in [7, 11) is -3.66. The molecule has 2 aliphatic heterocycles. The van der Waals surface area contributed by atoms with Crippen LogP contribution < -0.4 is 5.32 Å². The summed E-state index contributed by atoms with van der Waals surface area (Å²) in [4.78, 5) is 17.2. The third-order valence-corrected chi connectivity index (χ3v) is 8.60. The molecule has 1 aromatic carbocycles. The minimum atomic E-state index is -3.66. The molecule has 2 fully saturated rings. The number of hydrogen-bond acceptors (Lipinski definition) is 5. The summed E-state index contributed by atoms with van der Waals surface area (Å²) in [5.41, 5.74) is 1.02. The normalized spacial score (nSPS) is 23.3. The highest BCUT2D eigenvalue weighted by atomic mass is 32.2. The summed E-state index contributed by atoms with van der Waals surface area (Å²) in [6, 6.07) is 7.90. The number of carbonyl (C=O) groups excluding carboxylic acids is 1. The Balaban J connectivity index is 1.72. The van der Waals surface area contributed by atoms with E-state index < -0.39 is 10.0 Å². The van der Waals surface area contributed by atoms with Crippen molar-refractivity contribution in [3.8, 4) is 0 Å². The second-order valence-corrected chi connectivity index (χ2v) is 10.9. The average molecular weight is 451 g/mol. The predicted octanol–water partition coefficient (Wildman–Crippen LogP) is 2.07. The van der Waals surface area contributed by atoms with E-state index in [1.165, 1.54) is 10.7 Å². The Morgan fingerprint density at radius 1 is 1.06 bits per heavy atom. The van der Waals surface area contributed by atoms with Gasteiger partial charge in [-0.3, -0.25) is 9.69 Å². The summed E-state index contributed by atoms with van der Waals surface area (Å²) in [6.07, 6.45) is 3.74. The van der Waals surface area contributed by atoms with Gasteiger partial charge in [-0.15, -0.1) is 0 Å². The van der Waals surface area contributed by atoms with Gasteiger partial charge in [0.05, 0.1) is 4.90 Å². The first-order valence-electron chi connectivity index (χ1n) is 11.6. The summed E-state index contributed by atoms with van der Waals surface area (Å²) in [6.45, 7) is 10.7. The van der Waals surface area contributed by atoms with E-state index in [1.54, 1.807) is 12.1 Å². The van der Waals surface area contributed by atoms with E-state index in [1.807, 2.05) is 24.0 Å². The van der Waals surface area contributed by atoms with Crippen LogP contribution in [0.4, 0.5) is 0 Å². The molecular formula is C23H38N4O3S. The lowest BCUT2D eigenvalue weighted by Crippen LogP contribution is -2.49. The molecule has 31 heavy (non-hydrogen) atoms. The fraction of sp³-hybridized carbons (Fsp3) is 0.696. The number of sulfonamides is 1. The van der Waals surface area contributed by atoms with Crippen molar-refractivity contribution >= 4 is 15.9 Å². The number of nitrogens with zero attached hydrogens (tertiary/aromatic N) is 3. The van der Waals surface area contributed by atoms with Gasteiger partial charge in [-0.25, -0.2) is 8.42 Å². The van der Waals surface area contributed by atoms with Gasteiger partial charge >= 0.3 is 0 Å². The van der Waals surface area contributed by atoms with E-state index in [9.17, 15) is 13.2 Å². The Morgan fingerprint density at radius 2 is 1.68 bits per heavy atom. The standard InChI is InChI=1S/C23H38N4O3S/c1-19-7-9-22(10-8-19)31(29,30)26(14-11-23(28)25-15-12-24-13-16-25)17-18-27-20(2)5-4-6-21(27)3/h7-10,20-21,24H,4-6,11-18H2,1-3H3. The molecule has 0 radical (unpaired) electrons.